The molecule has 1 fully saturated rings. The molecule has 0 bridgehead atoms. The minimum absolute atomic E-state index is 0.172. The topological polar surface area (TPSA) is 20.1 Å². The van der Waals surface area contributed by atoms with Gasteiger partial charge >= 0.3 is 0 Å². The molecule has 1 heterocycles. The van der Waals surface area contributed by atoms with Gasteiger partial charge < -0.3 is 4.90 Å². The molecular weight excluding hydrogens is 186 g/mol. The number of rotatable bonds is 3. The van der Waals surface area contributed by atoms with Crippen molar-refractivity contribution < 1.29 is 4.79 Å². The Bertz CT molecular complexity index is 355. The molecular formula is C13H17NO. The Balaban J connectivity index is 2.06. The molecule has 0 spiro atoms. The van der Waals surface area contributed by atoms with E-state index in [9.17, 15) is 4.79 Å². The van der Waals surface area contributed by atoms with Crippen molar-refractivity contribution in [2.75, 3.05) is 6.54 Å². The summed E-state index contributed by atoms with van der Waals surface area (Å²) < 4.78 is 0. The fourth-order valence-electron chi connectivity index (χ4n) is 1.79. The van der Waals surface area contributed by atoms with E-state index >= 15 is 0 Å². The summed E-state index contributed by atoms with van der Waals surface area (Å²) >= 11 is 0. The molecule has 1 aliphatic rings. The molecule has 0 aliphatic carbocycles. The van der Waals surface area contributed by atoms with Crippen molar-refractivity contribution in [2.24, 2.45) is 0 Å². The summed E-state index contributed by atoms with van der Waals surface area (Å²) in [5.41, 5.74) is 2.13. The van der Waals surface area contributed by atoms with E-state index in [0.29, 0.717) is 6.04 Å². The Morgan fingerprint density at radius 3 is 2.47 bits per heavy atom. The first-order chi connectivity index (χ1) is 7.22. The second kappa shape index (κ2) is 4.05. The second-order valence-electron chi connectivity index (χ2n) is 4.25. The lowest BCUT2D eigenvalue weighted by atomic mass is 10.1. The van der Waals surface area contributed by atoms with Crippen molar-refractivity contribution >= 4 is 5.91 Å². The van der Waals surface area contributed by atoms with Crippen molar-refractivity contribution in [2.45, 2.75) is 32.7 Å². The zero-order valence-corrected chi connectivity index (χ0v) is 9.36. The van der Waals surface area contributed by atoms with Crippen LogP contribution < -0.4 is 0 Å². The highest BCUT2D eigenvalue weighted by atomic mass is 16.2. The normalized spacial score (nSPS) is 19.1. The van der Waals surface area contributed by atoms with E-state index in [1.807, 2.05) is 17.0 Å². The van der Waals surface area contributed by atoms with Crippen LogP contribution in [0.25, 0.3) is 0 Å². The maximum Gasteiger partial charge on any atom is 0.254 e. The molecule has 1 unspecified atom stereocenters. The van der Waals surface area contributed by atoms with Gasteiger partial charge in [0.15, 0.2) is 0 Å². The molecule has 1 saturated heterocycles. The van der Waals surface area contributed by atoms with Gasteiger partial charge in [-0.25, -0.2) is 0 Å². The third kappa shape index (κ3) is 2.20. The molecule has 0 saturated carbocycles. The summed E-state index contributed by atoms with van der Waals surface area (Å²) in [5.74, 6) is 0.172. The van der Waals surface area contributed by atoms with Crippen LogP contribution in [0.3, 0.4) is 0 Å². The molecule has 2 rings (SSSR count). The molecule has 80 valence electrons. The maximum atomic E-state index is 11.8. The summed E-state index contributed by atoms with van der Waals surface area (Å²) in [6.45, 7) is 5.15. The van der Waals surface area contributed by atoms with Crippen LogP contribution in [0.5, 0.6) is 0 Å². The van der Waals surface area contributed by atoms with Gasteiger partial charge in [-0.1, -0.05) is 25.5 Å². The van der Waals surface area contributed by atoms with Crippen molar-refractivity contribution in [1.29, 1.82) is 0 Å². The van der Waals surface area contributed by atoms with Crippen LogP contribution in [0.4, 0.5) is 0 Å². The summed E-state index contributed by atoms with van der Waals surface area (Å²) in [5, 5.41) is 0. The van der Waals surface area contributed by atoms with Gasteiger partial charge in [0, 0.05) is 18.2 Å². The zero-order chi connectivity index (χ0) is 10.8. The fourth-order valence-corrected chi connectivity index (χ4v) is 1.79. The molecule has 0 radical (unpaired) electrons. The van der Waals surface area contributed by atoms with Gasteiger partial charge in [-0.15, -0.1) is 0 Å². The van der Waals surface area contributed by atoms with E-state index in [1.54, 1.807) is 0 Å². The number of carbonyl (C=O) groups is 1. The number of amides is 1. The minimum atomic E-state index is 0.172. The Morgan fingerprint density at radius 2 is 2.00 bits per heavy atom. The average Bonchev–Trinajstić information content (AvgIpc) is 2.96. The van der Waals surface area contributed by atoms with Crippen LogP contribution in [-0.2, 0) is 6.42 Å². The highest BCUT2D eigenvalue weighted by molar-refractivity contribution is 5.95. The predicted octanol–water partition coefficient (Wildman–Crippen LogP) is 2.48. The number of carbonyl (C=O) groups excluding carboxylic acids is 1. The van der Waals surface area contributed by atoms with E-state index < -0.39 is 0 Å². The van der Waals surface area contributed by atoms with Gasteiger partial charge in [-0.05, 0) is 31.0 Å². The molecule has 1 aromatic carbocycles. The lowest BCUT2D eigenvalue weighted by Gasteiger charge is -2.04. The highest BCUT2D eigenvalue weighted by Crippen LogP contribution is 2.20. The fraction of sp³-hybridized carbons (Fsp3) is 0.462. The molecule has 2 heteroatoms. The highest BCUT2D eigenvalue weighted by Gasteiger charge is 2.34. The van der Waals surface area contributed by atoms with Crippen molar-refractivity contribution in [3.8, 4) is 0 Å². The molecule has 2 nitrogen and oxygen atoms in total. The first kappa shape index (κ1) is 10.2. The Hall–Kier alpha value is -1.31. The van der Waals surface area contributed by atoms with Gasteiger partial charge in [0.05, 0.1) is 0 Å². The average molecular weight is 203 g/mol. The van der Waals surface area contributed by atoms with Crippen LogP contribution in [0.2, 0.25) is 0 Å². The summed E-state index contributed by atoms with van der Waals surface area (Å²) in [7, 11) is 0. The number of aryl methyl sites for hydroxylation is 1. The number of hydrogen-bond donors (Lipinski definition) is 0. The summed E-state index contributed by atoms with van der Waals surface area (Å²) in [4.78, 5) is 13.7. The van der Waals surface area contributed by atoms with E-state index in [2.05, 4.69) is 26.0 Å². The lowest BCUT2D eigenvalue weighted by Crippen LogP contribution is -2.12. The van der Waals surface area contributed by atoms with Crippen LogP contribution in [-0.4, -0.2) is 23.4 Å². The number of benzene rings is 1. The van der Waals surface area contributed by atoms with Gasteiger partial charge in [-0.3, -0.25) is 4.79 Å². The number of nitrogens with zero attached hydrogens (tertiary/aromatic N) is 1. The van der Waals surface area contributed by atoms with E-state index in [0.717, 1.165) is 24.9 Å². The quantitative estimate of drug-likeness (QED) is 0.691. The maximum absolute atomic E-state index is 11.8. The monoisotopic (exact) mass is 203 g/mol. The SMILES string of the molecule is CCCc1ccc(C(=O)N2CC2C)cc1. The Morgan fingerprint density at radius 1 is 1.40 bits per heavy atom. The largest absolute Gasteiger partial charge is 0.332 e. The van der Waals surface area contributed by atoms with Crippen molar-refractivity contribution in [3.05, 3.63) is 35.4 Å². The van der Waals surface area contributed by atoms with Gasteiger partial charge in [-0.2, -0.15) is 0 Å². The molecule has 1 aliphatic heterocycles. The van der Waals surface area contributed by atoms with Crippen molar-refractivity contribution in [3.63, 3.8) is 0 Å². The van der Waals surface area contributed by atoms with Crippen LogP contribution in [0, 0.1) is 0 Å². The molecule has 0 aromatic heterocycles. The van der Waals surface area contributed by atoms with Crippen LogP contribution in [0.1, 0.15) is 36.2 Å². The third-order valence-corrected chi connectivity index (χ3v) is 2.86. The van der Waals surface area contributed by atoms with Gasteiger partial charge in [0.2, 0.25) is 0 Å². The van der Waals surface area contributed by atoms with Gasteiger partial charge in [0.25, 0.3) is 5.91 Å². The third-order valence-electron chi connectivity index (χ3n) is 2.86. The molecule has 1 aromatic rings. The van der Waals surface area contributed by atoms with E-state index in [1.165, 1.54) is 5.56 Å². The van der Waals surface area contributed by atoms with Crippen LogP contribution in [0.15, 0.2) is 24.3 Å². The first-order valence-corrected chi connectivity index (χ1v) is 5.62. The van der Waals surface area contributed by atoms with E-state index in [-0.39, 0.29) is 5.91 Å². The second-order valence-corrected chi connectivity index (χ2v) is 4.25. The molecule has 1 atom stereocenters. The zero-order valence-electron chi connectivity index (χ0n) is 9.36. The predicted molar refractivity (Wildman–Crippen MR) is 60.9 cm³/mol. The smallest absolute Gasteiger partial charge is 0.254 e. The van der Waals surface area contributed by atoms with Crippen molar-refractivity contribution in [1.82, 2.24) is 4.90 Å². The van der Waals surface area contributed by atoms with Crippen LogP contribution >= 0.6 is 0 Å². The molecule has 0 N–H and O–H groups in total. The summed E-state index contributed by atoms with van der Waals surface area (Å²) in [6, 6.07) is 8.44. The minimum Gasteiger partial charge on any atom is -0.332 e. The van der Waals surface area contributed by atoms with E-state index in [4.69, 9.17) is 0 Å². The summed E-state index contributed by atoms with van der Waals surface area (Å²) in [6.07, 6.45) is 2.24. The Labute approximate surface area is 90.9 Å². The van der Waals surface area contributed by atoms with Gasteiger partial charge in [0.1, 0.15) is 0 Å². The Kier molecular flexibility index (Phi) is 2.76. The molecule has 1 amide bonds. The molecule has 15 heavy (non-hydrogen) atoms. The first-order valence-electron chi connectivity index (χ1n) is 5.62. The number of hydrogen-bond acceptors (Lipinski definition) is 1. The standard InChI is InChI=1S/C13H17NO/c1-3-4-11-5-7-12(8-6-11)13(15)14-9-10(14)2/h5-8,10H,3-4,9H2,1-2H3. The lowest BCUT2D eigenvalue weighted by molar-refractivity contribution is 0.0876.